The Labute approximate surface area is 266 Å². The molecule has 7 nitrogen and oxygen atoms in total. The van der Waals surface area contributed by atoms with Crippen LogP contribution in [0, 0.1) is 12.8 Å². The van der Waals surface area contributed by atoms with Crippen molar-refractivity contribution in [3.63, 3.8) is 0 Å². The summed E-state index contributed by atoms with van der Waals surface area (Å²) in [4.78, 5) is 33.7. The Bertz CT molecular complexity index is 1650. The van der Waals surface area contributed by atoms with Gasteiger partial charge in [0.1, 0.15) is 0 Å². The third kappa shape index (κ3) is 7.22. The van der Waals surface area contributed by atoms with Crippen molar-refractivity contribution in [1.29, 1.82) is 0 Å². The van der Waals surface area contributed by atoms with Gasteiger partial charge in [0.25, 0.3) is 11.5 Å². The number of carbonyl (C=O) groups is 1. The van der Waals surface area contributed by atoms with E-state index in [-0.39, 0.29) is 17.5 Å². The van der Waals surface area contributed by atoms with E-state index in [9.17, 15) is 9.59 Å². The smallest absolute Gasteiger partial charge is 0.263 e. The van der Waals surface area contributed by atoms with Gasteiger partial charge in [-0.15, -0.1) is 0 Å². The highest BCUT2D eigenvalue weighted by Crippen LogP contribution is 2.28. The number of nitrogens with one attached hydrogen (secondary N) is 1. The number of morpholine rings is 1. The molecule has 1 aromatic heterocycles. The molecule has 2 saturated heterocycles. The van der Waals surface area contributed by atoms with Crippen LogP contribution in [-0.4, -0.2) is 66.2 Å². The number of aromatic nitrogens is 1. The number of carbonyl (C=O) groups excluding carboxylic acids is 1. The first-order valence-corrected chi connectivity index (χ1v) is 16.6. The van der Waals surface area contributed by atoms with Crippen molar-refractivity contribution in [2.24, 2.45) is 5.92 Å². The van der Waals surface area contributed by atoms with Gasteiger partial charge in [-0.25, -0.2) is 0 Å². The second kappa shape index (κ2) is 14.5. The van der Waals surface area contributed by atoms with E-state index in [1.807, 2.05) is 73.7 Å². The van der Waals surface area contributed by atoms with E-state index < -0.39 is 0 Å². The number of pyridine rings is 1. The quantitative estimate of drug-likeness (QED) is 0.236. The number of fused-ring (bicyclic) bond motifs is 1. The molecule has 0 saturated carbocycles. The highest BCUT2D eigenvalue weighted by Gasteiger charge is 2.28. The molecule has 0 bridgehead atoms. The molecule has 0 radical (unpaired) electrons. The Kier molecular flexibility index (Phi) is 10.1. The molecule has 7 heteroatoms. The van der Waals surface area contributed by atoms with Crippen molar-refractivity contribution in [3.05, 3.63) is 112 Å². The number of benzene rings is 3. The largest absolute Gasteiger partial charge is 0.379 e. The van der Waals surface area contributed by atoms with Gasteiger partial charge < -0.3 is 10.1 Å². The average Bonchev–Trinajstić information content (AvgIpc) is 3.08. The summed E-state index contributed by atoms with van der Waals surface area (Å²) in [6, 6.07) is 25.6. The highest BCUT2D eigenvalue weighted by molar-refractivity contribution is 6.08. The van der Waals surface area contributed by atoms with Crippen LogP contribution in [-0.2, 0) is 11.3 Å². The molecule has 3 aromatic carbocycles. The summed E-state index contributed by atoms with van der Waals surface area (Å²) in [6.45, 7) is 11.4. The zero-order valence-electron chi connectivity index (χ0n) is 26.7. The van der Waals surface area contributed by atoms with Crippen molar-refractivity contribution in [1.82, 2.24) is 19.7 Å². The Morgan fingerprint density at radius 3 is 2.31 bits per heavy atom. The van der Waals surface area contributed by atoms with Crippen LogP contribution in [0.2, 0.25) is 0 Å². The van der Waals surface area contributed by atoms with Crippen molar-refractivity contribution in [2.45, 2.75) is 52.1 Å². The van der Waals surface area contributed by atoms with Crippen molar-refractivity contribution < 1.29 is 9.53 Å². The minimum atomic E-state index is -0.140. The van der Waals surface area contributed by atoms with Gasteiger partial charge in [0.2, 0.25) is 0 Å². The third-order valence-electron chi connectivity index (χ3n) is 9.63. The van der Waals surface area contributed by atoms with Gasteiger partial charge in [-0.3, -0.25) is 24.0 Å². The molecule has 6 rings (SSSR count). The molecule has 45 heavy (non-hydrogen) atoms. The number of hydrogen-bond acceptors (Lipinski definition) is 5. The number of piperidine rings is 1. The lowest BCUT2D eigenvalue weighted by Crippen LogP contribution is -2.40. The Morgan fingerprint density at radius 1 is 0.889 bits per heavy atom. The second-order valence-electron chi connectivity index (χ2n) is 12.7. The van der Waals surface area contributed by atoms with E-state index in [1.165, 1.54) is 6.42 Å². The zero-order chi connectivity index (χ0) is 31.2. The molecule has 0 aliphatic carbocycles. The lowest BCUT2D eigenvalue weighted by molar-refractivity contribution is 0.0334. The fourth-order valence-corrected chi connectivity index (χ4v) is 7.01. The molecule has 2 aliphatic rings. The van der Waals surface area contributed by atoms with Gasteiger partial charge >= 0.3 is 0 Å². The Hall–Kier alpha value is -3.78. The number of nitrogens with zero attached hydrogens (tertiary/aromatic N) is 3. The van der Waals surface area contributed by atoms with Crippen LogP contribution in [0.4, 0.5) is 0 Å². The molecule has 1 atom stereocenters. The van der Waals surface area contributed by atoms with Crippen LogP contribution in [0.3, 0.4) is 0 Å². The van der Waals surface area contributed by atoms with E-state index in [4.69, 9.17) is 4.74 Å². The van der Waals surface area contributed by atoms with E-state index in [1.54, 1.807) is 4.57 Å². The monoisotopic (exact) mass is 606 g/mol. The number of hydrogen-bond donors (Lipinski definition) is 1. The van der Waals surface area contributed by atoms with Crippen LogP contribution in [0.1, 0.15) is 65.8 Å². The Balaban J connectivity index is 1.35. The maximum Gasteiger partial charge on any atom is 0.263 e. The van der Waals surface area contributed by atoms with Gasteiger partial charge in [-0.05, 0) is 87.5 Å². The fraction of sp³-hybridized carbons (Fsp3) is 0.421. The molecular weight excluding hydrogens is 560 g/mol. The van der Waals surface area contributed by atoms with E-state index in [2.05, 4.69) is 34.2 Å². The van der Waals surface area contributed by atoms with Crippen LogP contribution >= 0.6 is 0 Å². The summed E-state index contributed by atoms with van der Waals surface area (Å²) in [6.07, 6.45) is 4.22. The standard InChI is InChI=1S/C38H46N4O3/c1-3-34(30-11-5-4-6-12-30)39-37(43)36-32-14-7-8-15-33(32)38(44)42(31-13-9-10-28(2)26-31)35(36)27-41-20-17-29(18-21-41)16-19-40-22-24-45-25-23-40/h4-15,26,29,34H,3,16-25,27H2,1-2H3,(H,39,43)/t34-/m0/s1. The minimum absolute atomic E-state index is 0.0850. The lowest BCUT2D eigenvalue weighted by Gasteiger charge is -2.34. The molecule has 1 amide bonds. The molecule has 236 valence electrons. The second-order valence-corrected chi connectivity index (χ2v) is 12.7. The lowest BCUT2D eigenvalue weighted by atomic mass is 9.92. The summed E-state index contributed by atoms with van der Waals surface area (Å²) in [5.41, 5.74) is 4.21. The first-order valence-electron chi connectivity index (χ1n) is 16.6. The van der Waals surface area contributed by atoms with Gasteiger partial charge in [0.15, 0.2) is 0 Å². The maximum absolute atomic E-state index is 14.5. The Morgan fingerprint density at radius 2 is 1.60 bits per heavy atom. The van der Waals surface area contributed by atoms with Gasteiger partial charge in [0, 0.05) is 36.1 Å². The first kappa shape index (κ1) is 31.2. The predicted octanol–water partition coefficient (Wildman–Crippen LogP) is 6.11. The van der Waals surface area contributed by atoms with Gasteiger partial charge in [-0.2, -0.15) is 0 Å². The first-order chi connectivity index (χ1) is 22.0. The average molecular weight is 607 g/mol. The molecule has 0 unspecified atom stereocenters. The molecule has 0 spiro atoms. The van der Waals surface area contributed by atoms with Crippen molar-refractivity contribution in [2.75, 3.05) is 45.9 Å². The number of rotatable bonds is 10. The molecule has 3 heterocycles. The van der Waals surface area contributed by atoms with Crippen molar-refractivity contribution >= 4 is 16.7 Å². The molecular formula is C38H46N4O3. The van der Waals surface area contributed by atoms with Crippen LogP contribution < -0.4 is 10.9 Å². The summed E-state index contributed by atoms with van der Waals surface area (Å²) < 4.78 is 7.32. The maximum atomic E-state index is 14.5. The zero-order valence-corrected chi connectivity index (χ0v) is 26.7. The molecule has 2 aliphatic heterocycles. The van der Waals surface area contributed by atoms with Crippen LogP contribution in [0.15, 0.2) is 83.7 Å². The number of likely N-dealkylation sites (tertiary alicyclic amines) is 1. The summed E-state index contributed by atoms with van der Waals surface area (Å²) in [7, 11) is 0. The number of aryl methyl sites for hydroxylation is 1. The van der Waals surface area contributed by atoms with E-state index in [0.717, 1.165) is 87.7 Å². The summed E-state index contributed by atoms with van der Waals surface area (Å²) >= 11 is 0. The fourth-order valence-electron chi connectivity index (χ4n) is 7.01. The summed E-state index contributed by atoms with van der Waals surface area (Å²) in [5.74, 6) is 0.553. The topological polar surface area (TPSA) is 66.8 Å². The van der Waals surface area contributed by atoms with Crippen LogP contribution in [0.25, 0.3) is 16.5 Å². The minimum Gasteiger partial charge on any atom is -0.379 e. The molecule has 2 fully saturated rings. The predicted molar refractivity (Wildman–Crippen MR) is 181 cm³/mol. The molecule has 4 aromatic rings. The molecule has 1 N–H and O–H groups in total. The summed E-state index contributed by atoms with van der Waals surface area (Å²) in [5, 5.41) is 4.62. The SMILES string of the molecule is CC[C@H](NC(=O)c1c(CN2CCC(CCN3CCOCC3)CC2)n(-c2cccc(C)c2)c(=O)c2ccccc12)c1ccccc1. The van der Waals surface area contributed by atoms with Crippen molar-refractivity contribution in [3.8, 4) is 5.69 Å². The highest BCUT2D eigenvalue weighted by atomic mass is 16.5. The van der Waals surface area contributed by atoms with Gasteiger partial charge in [0.05, 0.1) is 30.5 Å². The van der Waals surface area contributed by atoms with E-state index in [0.29, 0.717) is 28.8 Å². The number of amides is 1. The number of ether oxygens (including phenoxy) is 1. The van der Waals surface area contributed by atoms with Gasteiger partial charge in [-0.1, -0.05) is 67.6 Å². The van der Waals surface area contributed by atoms with Crippen LogP contribution in [0.5, 0.6) is 0 Å². The third-order valence-corrected chi connectivity index (χ3v) is 9.63. The van der Waals surface area contributed by atoms with E-state index >= 15 is 0 Å². The normalized spacial score (nSPS) is 17.4.